The van der Waals surface area contributed by atoms with Gasteiger partial charge in [0, 0.05) is 43.3 Å². The quantitative estimate of drug-likeness (QED) is 0.678. The maximum Gasteiger partial charge on any atom is 0.127 e. The van der Waals surface area contributed by atoms with E-state index in [9.17, 15) is 5.11 Å². The zero-order valence-corrected chi connectivity index (χ0v) is 16.4. The average Bonchev–Trinajstić information content (AvgIpc) is 3.14. The predicted molar refractivity (Wildman–Crippen MR) is 109 cm³/mol. The summed E-state index contributed by atoms with van der Waals surface area (Å²) in [6.45, 7) is 0.737. The van der Waals surface area contributed by atoms with Crippen LogP contribution in [0.2, 0.25) is 0 Å². The standard InChI is InChI=1S/C23H25NO4/c1-26-18-10-13-6-4-5-7-14(13)15-11-17(25)22-16-8-9-20(28-3)24(16)12-19(27-2)23(22)21(15)18/h4-7,10-11,16,19-20,25H,8-9,12H2,1-3H3. The Morgan fingerprint density at radius 2 is 1.79 bits per heavy atom. The van der Waals surface area contributed by atoms with Gasteiger partial charge in [0.1, 0.15) is 17.7 Å². The van der Waals surface area contributed by atoms with Gasteiger partial charge in [-0.1, -0.05) is 24.3 Å². The molecule has 3 unspecified atom stereocenters. The topological polar surface area (TPSA) is 51.2 Å². The lowest BCUT2D eigenvalue weighted by Crippen LogP contribution is -2.40. The Morgan fingerprint density at radius 3 is 2.54 bits per heavy atom. The molecule has 5 rings (SSSR count). The fourth-order valence-electron chi connectivity index (χ4n) is 5.23. The largest absolute Gasteiger partial charge is 0.508 e. The van der Waals surface area contributed by atoms with Crippen molar-refractivity contribution in [2.75, 3.05) is 27.9 Å². The first-order chi connectivity index (χ1) is 13.7. The minimum absolute atomic E-state index is 0.0596. The van der Waals surface area contributed by atoms with E-state index in [-0.39, 0.29) is 18.4 Å². The molecule has 1 fully saturated rings. The summed E-state index contributed by atoms with van der Waals surface area (Å²) in [5.41, 5.74) is 2.01. The Kier molecular flexibility index (Phi) is 4.19. The van der Waals surface area contributed by atoms with E-state index in [2.05, 4.69) is 23.1 Å². The lowest BCUT2D eigenvalue weighted by atomic mass is 9.84. The number of hydrogen-bond donors (Lipinski definition) is 1. The summed E-state index contributed by atoms with van der Waals surface area (Å²) in [5.74, 6) is 1.15. The third-order valence-electron chi connectivity index (χ3n) is 6.44. The molecule has 2 heterocycles. The minimum atomic E-state index is -0.160. The van der Waals surface area contributed by atoms with Crippen LogP contribution in [0.3, 0.4) is 0 Å². The van der Waals surface area contributed by atoms with Crippen molar-refractivity contribution in [1.82, 2.24) is 4.90 Å². The Bertz CT molecular complexity index is 1060. The number of hydrogen-bond acceptors (Lipinski definition) is 5. The molecule has 28 heavy (non-hydrogen) atoms. The number of benzene rings is 3. The molecule has 0 amide bonds. The van der Waals surface area contributed by atoms with Crippen LogP contribution in [0.1, 0.15) is 36.1 Å². The highest BCUT2D eigenvalue weighted by atomic mass is 16.5. The van der Waals surface area contributed by atoms with Gasteiger partial charge in [0.2, 0.25) is 0 Å². The first-order valence-corrected chi connectivity index (χ1v) is 9.74. The molecule has 0 spiro atoms. The van der Waals surface area contributed by atoms with Gasteiger partial charge in [-0.25, -0.2) is 0 Å². The van der Waals surface area contributed by atoms with Crippen LogP contribution in [-0.4, -0.2) is 44.1 Å². The molecule has 3 atom stereocenters. The van der Waals surface area contributed by atoms with Crippen molar-refractivity contribution in [2.45, 2.75) is 31.2 Å². The van der Waals surface area contributed by atoms with Crippen molar-refractivity contribution < 1.29 is 19.3 Å². The van der Waals surface area contributed by atoms with Gasteiger partial charge in [0.25, 0.3) is 0 Å². The van der Waals surface area contributed by atoms with Crippen molar-refractivity contribution in [2.24, 2.45) is 0 Å². The number of rotatable bonds is 3. The second kappa shape index (κ2) is 6.62. The van der Waals surface area contributed by atoms with Crippen molar-refractivity contribution in [3.8, 4) is 11.5 Å². The number of phenolic OH excluding ortho intramolecular Hbond substituents is 1. The lowest BCUT2D eigenvalue weighted by Gasteiger charge is -2.40. The summed E-state index contributed by atoms with van der Waals surface area (Å²) in [4.78, 5) is 2.32. The predicted octanol–water partition coefficient (Wildman–Crippen LogP) is 4.52. The molecule has 1 N–H and O–H groups in total. The Hall–Kier alpha value is -2.34. The van der Waals surface area contributed by atoms with Crippen LogP contribution in [0.5, 0.6) is 11.5 Å². The molecule has 146 valence electrons. The molecule has 2 aliphatic rings. The third kappa shape index (κ3) is 2.37. The summed E-state index contributed by atoms with van der Waals surface area (Å²) in [5, 5.41) is 15.4. The molecule has 0 saturated carbocycles. The van der Waals surface area contributed by atoms with Crippen molar-refractivity contribution in [3.05, 3.63) is 47.5 Å². The smallest absolute Gasteiger partial charge is 0.127 e. The van der Waals surface area contributed by atoms with Gasteiger partial charge < -0.3 is 19.3 Å². The van der Waals surface area contributed by atoms with Gasteiger partial charge in [0.15, 0.2) is 0 Å². The fraction of sp³-hybridized carbons (Fsp3) is 0.391. The van der Waals surface area contributed by atoms with E-state index in [1.807, 2.05) is 18.2 Å². The SMILES string of the molecule is COc1cc2ccccc2c2cc(O)c3c(c12)C(OC)CN1C(OC)CCC31. The maximum absolute atomic E-state index is 11.1. The van der Waals surface area contributed by atoms with Crippen LogP contribution in [0.25, 0.3) is 21.5 Å². The maximum atomic E-state index is 11.1. The normalized spacial score (nSPS) is 24.5. The van der Waals surface area contributed by atoms with Crippen LogP contribution >= 0.6 is 0 Å². The molecule has 0 bridgehead atoms. The van der Waals surface area contributed by atoms with Gasteiger partial charge in [-0.15, -0.1) is 0 Å². The fourth-order valence-corrected chi connectivity index (χ4v) is 5.23. The number of methoxy groups -OCH3 is 3. The summed E-state index contributed by atoms with van der Waals surface area (Å²) >= 11 is 0. The zero-order valence-electron chi connectivity index (χ0n) is 16.4. The van der Waals surface area contributed by atoms with E-state index in [4.69, 9.17) is 14.2 Å². The third-order valence-corrected chi connectivity index (χ3v) is 6.44. The summed E-state index contributed by atoms with van der Waals surface area (Å²) in [6, 6.07) is 12.3. The van der Waals surface area contributed by atoms with Crippen LogP contribution < -0.4 is 4.74 Å². The number of nitrogens with zero attached hydrogens (tertiary/aromatic N) is 1. The van der Waals surface area contributed by atoms with Crippen molar-refractivity contribution in [1.29, 1.82) is 0 Å². The van der Waals surface area contributed by atoms with E-state index in [1.165, 1.54) is 0 Å². The van der Waals surface area contributed by atoms with E-state index in [1.54, 1.807) is 21.3 Å². The van der Waals surface area contributed by atoms with Crippen molar-refractivity contribution >= 4 is 21.5 Å². The molecule has 5 nitrogen and oxygen atoms in total. The van der Waals surface area contributed by atoms with Crippen LogP contribution in [-0.2, 0) is 9.47 Å². The Morgan fingerprint density at radius 1 is 0.964 bits per heavy atom. The van der Waals surface area contributed by atoms with E-state index >= 15 is 0 Å². The second-order valence-corrected chi connectivity index (χ2v) is 7.65. The molecule has 3 aromatic rings. The highest BCUT2D eigenvalue weighted by Crippen LogP contribution is 2.52. The Labute approximate surface area is 164 Å². The summed E-state index contributed by atoms with van der Waals surface area (Å²) < 4.78 is 17.4. The lowest BCUT2D eigenvalue weighted by molar-refractivity contribution is -0.0569. The van der Waals surface area contributed by atoms with E-state index in [0.717, 1.165) is 57.8 Å². The first-order valence-electron chi connectivity index (χ1n) is 9.74. The number of aromatic hydroxyl groups is 1. The first kappa shape index (κ1) is 17.7. The summed E-state index contributed by atoms with van der Waals surface area (Å²) in [6.07, 6.45) is 1.80. The Balaban J connectivity index is 1.88. The highest BCUT2D eigenvalue weighted by Gasteiger charge is 2.44. The minimum Gasteiger partial charge on any atom is -0.508 e. The number of ether oxygens (including phenoxy) is 3. The molecular formula is C23H25NO4. The van der Waals surface area contributed by atoms with Gasteiger partial charge in [-0.2, -0.15) is 0 Å². The second-order valence-electron chi connectivity index (χ2n) is 7.65. The van der Waals surface area contributed by atoms with Gasteiger partial charge in [-0.05, 0) is 41.1 Å². The number of phenols is 1. The number of fused-ring (bicyclic) bond motifs is 7. The summed E-state index contributed by atoms with van der Waals surface area (Å²) in [7, 11) is 5.19. The molecule has 0 aliphatic carbocycles. The van der Waals surface area contributed by atoms with Crippen LogP contribution in [0.15, 0.2) is 36.4 Å². The highest BCUT2D eigenvalue weighted by molar-refractivity contribution is 6.12. The molecule has 1 saturated heterocycles. The van der Waals surface area contributed by atoms with Gasteiger partial charge >= 0.3 is 0 Å². The molecule has 0 aromatic heterocycles. The molecule has 3 aromatic carbocycles. The molecule has 5 heteroatoms. The molecule has 0 radical (unpaired) electrons. The monoisotopic (exact) mass is 379 g/mol. The molecular weight excluding hydrogens is 354 g/mol. The van der Waals surface area contributed by atoms with Crippen LogP contribution in [0.4, 0.5) is 0 Å². The molecule has 2 aliphatic heterocycles. The average molecular weight is 379 g/mol. The van der Waals surface area contributed by atoms with E-state index < -0.39 is 0 Å². The van der Waals surface area contributed by atoms with Crippen LogP contribution in [0, 0.1) is 0 Å². The van der Waals surface area contributed by atoms with E-state index in [0.29, 0.717) is 5.75 Å². The zero-order chi connectivity index (χ0) is 19.4. The van der Waals surface area contributed by atoms with Gasteiger partial charge in [-0.3, -0.25) is 4.90 Å². The van der Waals surface area contributed by atoms with Crippen molar-refractivity contribution in [3.63, 3.8) is 0 Å². The van der Waals surface area contributed by atoms with Gasteiger partial charge in [0.05, 0.1) is 13.2 Å².